The van der Waals surface area contributed by atoms with Gasteiger partial charge in [-0.2, -0.15) is 8.42 Å². The van der Waals surface area contributed by atoms with E-state index in [0.29, 0.717) is 12.4 Å². The Morgan fingerprint density at radius 1 is 1.21 bits per heavy atom. The average molecular weight is 304 g/mol. The summed E-state index contributed by atoms with van der Waals surface area (Å²) in [4.78, 5) is 0.943. The van der Waals surface area contributed by atoms with E-state index in [2.05, 4.69) is 12.6 Å². The highest BCUT2D eigenvalue weighted by Gasteiger charge is 2.15. The maximum Gasteiger partial charge on any atom is 0.261 e. The highest BCUT2D eigenvalue weighted by molar-refractivity contribution is 7.85. The van der Waals surface area contributed by atoms with Gasteiger partial charge in [0.2, 0.25) is 0 Å². The van der Waals surface area contributed by atoms with Gasteiger partial charge < -0.3 is 4.74 Å². The molecular weight excluding hydrogens is 284 g/mol. The van der Waals surface area contributed by atoms with Gasteiger partial charge in [0.25, 0.3) is 10.1 Å². The van der Waals surface area contributed by atoms with Gasteiger partial charge in [-0.15, -0.1) is 12.6 Å². The molecule has 0 aromatic heterocycles. The quantitative estimate of drug-likeness (QED) is 0.650. The molecule has 1 aliphatic carbocycles. The molecule has 2 rings (SSSR count). The minimum atomic E-state index is -3.67. The van der Waals surface area contributed by atoms with E-state index in [0.717, 1.165) is 10.6 Å². The molecule has 1 N–H and O–H groups in total. The van der Waals surface area contributed by atoms with Crippen molar-refractivity contribution < 1.29 is 17.7 Å². The second-order valence-corrected chi connectivity index (χ2v) is 6.53. The van der Waals surface area contributed by atoms with E-state index >= 15 is 0 Å². The van der Waals surface area contributed by atoms with Crippen LogP contribution in [0.3, 0.4) is 0 Å². The van der Waals surface area contributed by atoms with E-state index in [1.807, 2.05) is 24.3 Å². The zero-order valence-corrected chi connectivity index (χ0v) is 12.7. The zero-order valence-electron chi connectivity index (χ0n) is 10.9. The third-order valence-corrected chi connectivity index (χ3v) is 3.08. The van der Waals surface area contributed by atoms with Crippen molar-refractivity contribution in [2.45, 2.75) is 43.1 Å². The number of hydrogen-bond acceptors (Lipinski definition) is 4. The Bertz CT molecular complexity index is 471. The first-order valence-electron chi connectivity index (χ1n) is 6.23. The second kappa shape index (κ2) is 7.77. The smallest absolute Gasteiger partial charge is 0.261 e. The van der Waals surface area contributed by atoms with E-state index in [1.165, 1.54) is 32.1 Å². The molecule has 0 atom stereocenters. The maximum absolute atomic E-state index is 9.19. The molecule has 19 heavy (non-hydrogen) atoms. The Hall–Kier alpha value is -0.720. The van der Waals surface area contributed by atoms with Gasteiger partial charge in [0.15, 0.2) is 0 Å². The highest BCUT2D eigenvalue weighted by Crippen LogP contribution is 2.27. The van der Waals surface area contributed by atoms with Gasteiger partial charge in [-0.05, 0) is 37.8 Å². The van der Waals surface area contributed by atoms with E-state index < -0.39 is 10.1 Å². The summed E-state index contributed by atoms with van der Waals surface area (Å²) in [5.74, 6) is 0.933. The molecule has 108 valence electrons. The Morgan fingerprint density at radius 2 is 1.74 bits per heavy atom. The van der Waals surface area contributed by atoms with Crippen LogP contribution in [0, 0.1) is 0 Å². The second-order valence-electron chi connectivity index (χ2n) is 4.58. The topological polar surface area (TPSA) is 63.6 Å². The van der Waals surface area contributed by atoms with Crippen LogP contribution in [-0.2, 0) is 10.1 Å². The summed E-state index contributed by atoms with van der Waals surface area (Å²) in [5.41, 5.74) is 0. The minimum absolute atomic E-state index is 0.414. The lowest BCUT2D eigenvalue weighted by atomic mass is 9.98. The minimum Gasteiger partial charge on any atom is -0.489 e. The number of thiol groups is 1. The average Bonchev–Trinajstić information content (AvgIpc) is 2.31. The molecule has 4 nitrogen and oxygen atoms in total. The van der Waals surface area contributed by atoms with Gasteiger partial charge in [0.1, 0.15) is 5.75 Å². The summed E-state index contributed by atoms with van der Waals surface area (Å²) in [5, 5.41) is 0. The fourth-order valence-electron chi connectivity index (χ4n) is 1.92. The first-order valence-corrected chi connectivity index (χ1v) is 8.53. The predicted octanol–water partition coefficient (Wildman–Crippen LogP) is 3.19. The maximum atomic E-state index is 9.19. The normalized spacial score (nSPS) is 16.4. The van der Waals surface area contributed by atoms with Crippen LogP contribution in [0.4, 0.5) is 0 Å². The van der Waals surface area contributed by atoms with Crippen LogP contribution in [0.2, 0.25) is 0 Å². The zero-order chi connectivity index (χ0) is 14.3. The van der Waals surface area contributed by atoms with Crippen molar-refractivity contribution in [2.75, 3.05) is 6.26 Å². The van der Waals surface area contributed by atoms with Gasteiger partial charge in [-0.3, -0.25) is 4.55 Å². The van der Waals surface area contributed by atoms with Crippen molar-refractivity contribution in [2.24, 2.45) is 0 Å². The molecule has 1 fully saturated rings. The monoisotopic (exact) mass is 304 g/mol. The van der Waals surface area contributed by atoms with Crippen LogP contribution in [0.25, 0.3) is 0 Å². The lowest BCUT2D eigenvalue weighted by Crippen LogP contribution is -2.19. The van der Waals surface area contributed by atoms with Crippen LogP contribution in [0.15, 0.2) is 29.2 Å². The lowest BCUT2D eigenvalue weighted by Gasteiger charge is -2.23. The fourth-order valence-corrected chi connectivity index (χ4v) is 2.13. The molecule has 0 heterocycles. The van der Waals surface area contributed by atoms with Crippen LogP contribution in [-0.4, -0.2) is 25.3 Å². The molecule has 0 bridgehead atoms. The van der Waals surface area contributed by atoms with Crippen molar-refractivity contribution in [1.29, 1.82) is 0 Å². The van der Waals surface area contributed by atoms with Crippen molar-refractivity contribution in [3.8, 4) is 5.75 Å². The van der Waals surface area contributed by atoms with E-state index in [9.17, 15) is 8.42 Å². The van der Waals surface area contributed by atoms with Crippen LogP contribution >= 0.6 is 12.6 Å². The van der Waals surface area contributed by atoms with Crippen molar-refractivity contribution in [3.05, 3.63) is 24.3 Å². The van der Waals surface area contributed by atoms with E-state index in [1.54, 1.807) is 0 Å². The number of ether oxygens (including phenoxy) is 1. The molecule has 0 spiro atoms. The standard InChI is InChI=1S/C12H16OS.CH4O3S/c14-12-9-5-4-8-11(12)13-10-6-2-1-3-7-10;1-5(2,3)4/h4-5,8-10,14H,1-3,6-7H2;1H3,(H,2,3,4). The summed E-state index contributed by atoms with van der Waals surface area (Å²) < 4.78 is 31.8. The third-order valence-electron chi connectivity index (χ3n) is 2.71. The molecule has 6 heteroatoms. The number of para-hydroxylation sites is 1. The van der Waals surface area contributed by atoms with Gasteiger partial charge in [0.05, 0.1) is 12.4 Å². The molecule has 0 amide bonds. The number of rotatable bonds is 2. The van der Waals surface area contributed by atoms with Gasteiger partial charge in [-0.25, -0.2) is 0 Å². The van der Waals surface area contributed by atoms with Crippen molar-refractivity contribution >= 4 is 22.7 Å². The summed E-state index contributed by atoms with van der Waals surface area (Å²) in [6, 6.07) is 7.95. The SMILES string of the molecule is CS(=O)(=O)O.Sc1ccccc1OC1CCCCC1. The van der Waals surface area contributed by atoms with Crippen molar-refractivity contribution in [1.82, 2.24) is 0 Å². The van der Waals surface area contributed by atoms with Gasteiger partial charge in [0, 0.05) is 4.90 Å². The Morgan fingerprint density at radius 3 is 2.26 bits per heavy atom. The summed E-state index contributed by atoms with van der Waals surface area (Å²) in [6.07, 6.45) is 7.50. The molecule has 1 aromatic carbocycles. The molecule has 1 saturated carbocycles. The van der Waals surface area contributed by atoms with E-state index in [4.69, 9.17) is 9.29 Å². The Balaban J connectivity index is 0.000000312. The number of hydrogen-bond donors (Lipinski definition) is 2. The van der Waals surface area contributed by atoms with Crippen LogP contribution < -0.4 is 4.74 Å². The van der Waals surface area contributed by atoms with Crippen LogP contribution in [0.5, 0.6) is 5.75 Å². The van der Waals surface area contributed by atoms with Crippen LogP contribution in [0.1, 0.15) is 32.1 Å². The Labute approximate surface area is 120 Å². The molecule has 1 aromatic rings. The number of benzene rings is 1. The van der Waals surface area contributed by atoms with Crippen molar-refractivity contribution in [3.63, 3.8) is 0 Å². The molecular formula is C13H20O4S2. The molecule has 0 unspecified atom stereocenters. The summed E-state index contributed by atoms with van der Waals surface area (Å²) in [6.45, 7) is 0. The largest absolute Gasteiger partial charge is 0.489 e. The molecule has 1 aliphatic rings. The van der Waals surface area contributed by atoms with Gasteiger partial charge in [-0.1, -0.05) is 18.6 Å². The van der Waals surface area contributed by atoms with E-state index in [-0.39, 0.29) is 0 Å². The third kappa shape index (κ3) is 8.13. The Kier molecular flexibility index (Phi) is 6.68. The predicted molar refractivity (Wildman–Crippen MR) is 78.7 cm³/mol. The summed E-state index contributed by atoms with van der Waals surface area (Å²) in [7, 11) is -3.67. The lowest BCUT2D eigenvalue weighted by molar-refractivity contribution is 0.151. The van der Waals surface area contributed by atoms with Gasteiger partial charge >= 0.3 is 0 Å². The first kappa shape index (κ1) is 16.3. The molecule has 0 saturated heterocycles. The highest BCUT2D eigenvalue weighted by atomic mass is 32.2. The molecule has 0 radical (unpaired) electrons. The first-order chi connectivity index (χ1) is 8.86. The molecule has 0 aliphatic heterocycles. The fraction of sp³-hybridized carbons (Fsp3) is 0.538. The summed E-state index contributed by atoms with van der Waals surface area (Å²) >= 11 is 4.37.